The Balaban J connectivity index is 2.40. The van der Waals surface area contributed by atoms with E-state index in [1.54, 1.807) is 10.5 Å². The summed E-state index contributed by atoms with van der Waals surface area (Å²) in [5, 5.41) is 0. The van der Waals surface area contributed by atoms with Crippen LogP contribution in [0.3, 0.4) is 0 Å². The van der Waals surface area contributed by atoms with Gasteiger partial charge in [-0.25, -0.2) is 0 Å². The topological polar surface area (TPSA) is 38.8 Å². The normalized spacial score (nSPS) is 10.4. The Labute approximate surface area is 141 Å². The summed E-state index contributed by atoms with van der Waals surface area (Å²) in [4.78, 5) is 11.9. The Kier molecular flexibility index (Phi) is 6.02. The maximum Gasteiger partial charge on any atom is 0.188 e. The maximum atomic E-state index is 11.9. The molecule has 0 aliphatic rings. The highest BCUT2D eigenvalue weighted by atomic mass is 35.5. The van der Waals surface area contributed by atoms with Gasteiger partial charge in [0.05, 0.1) is 17.8 Å². The lowest BCUT2D eigenvalue weighted by Crippen LogP contribution is -2.14. The van der Waals surface area contributed by atoms with Gasteiger partial charge in [-0.3, -0.25) is 9.21 Å². The summed E-state index contributed by atoms with van der Waals surface area (Å²) in [6, 6.07) is 13.5. The zero-order chi connectivity index (χ0) is 16.8. The molecule has 0 aliphatic heterocycles. The summed E-state index contributed by atoms with van der Waals surface area (Å²) in [7, 11) is 1.53. The van der Waals surface area contributed by atoms with E-state index in [0.29, 0.717) is 23.5 Å². The van der Waals surface area contributed by atoms with Crippen LogP contribution >= 0.6 is 11.8 Å². The number of aryl methyl sites for hydroxylation is 1. The van der Waals surface area contributed by atoms with Gasteiger partial charge in [0.25, 0.3) is 0 Å². The molecule has 0 saturated carbocycles. The van der Waals surface area contributed by atoms with E-state index in [1.807, 2.05) is 43.3 Å². The first-order valence-electron chi connectivity index (χ1n) is 7.27. The molecule has 0 fully saturated rings. The largest absolute Gasteiger partial charge is 0.465 e. The number of rotatable bonds is 7. The average molecular weight is 334 g/mol. The van der Waals surface area contributed by atoms with Gasteiger partial charge < -0.3 is 9.47 Å². The fraction of sp³-hybridized carbons (Fsp3) is 0.278. The third-order valence-corrected chi connectivity index (χ3v) is 3.64. The van der Waals surface area contributed by atoms with Gasteiger partial charge in [-0.1, -0.05) is 30.3 Å². The van der Waals surface area contributed by atoms with Gasteiger partial charge in [0.1, 0.15) is 0 Å². The Morgan fingerprint density at radius 2 is 1.91 bits per heavy atom. The molecule has 0 heterocycles. The molecule has 0 saturated heterocycles. The van der Waals surface area contributed by atoms with Crippen molar-refractivity contribution in [3.8, 4) is 5.75 Å². The molecule has 2 aromatic carbocycles. The lowest BCUT2D eigenvalue weighted by Gasteiger charge is -2.22. The van der Waals surface area contributed by atoms with Crippen molar-refractivity contribution in [2.45, 2.75) is 20.4 Å². The van der Waals surface area contributed by atoms with Gasteiger partial charge in [-0.05, 0) is 37.1 Å². The second-order valence-corrected chi connectivity index (χ2v) is 5.68. The van der Waals surface area contributed by atoms with E-state index in [9.17, 15) is 4.79 Å². The summed E-state index contributed by atoms with van der Waals surface area (Å²) in [5.74, 6) is 0.363. The molecule has 5 heteroatoms. The second-order valence-electron chi connectivity index (χ2n) is 5.27. The number of nitrogens with zero attached hydrogens (tertiary/aromatic N) is 1. The van der Waals surface area contributed by atoms with Crippen molar-refractivity contribution in [2.75, 3.05) is 18.3 Å². The van der Waals surface area contributed by atoms with Crippen LogP contribution in [-0.2, 0) is 11.3 Å². The van der Waals surface area contributed by atoms with Gasteiger partial charge in [0.15, 0.2) is 18.3 Å². The fourth-order valence-corrected chi connectivity index (χ4v) is 2.56. The van der Waals surface area contributed by atoms with E-state index in [-0.39, 0.29) is 12.6 Å². The molecule has 2 aromatic rings. The number of methoxy groups -OCH3 is 1. The summed E-state index contributed by atoms with van der Waals surface area (Å²) in [6.07, 6.45) is 0. The molecule has 4 nitrogen and oxygen atoms in total. The van der Waals surface area contributed by atoms with E-state index < -0.39 is 0 Å². The standard InChI is InChI=1S/C18H20ClNO3/c1-13-9-16(14(2)21)18(23-12-22-3)17(10-13)20(19)11-15-7-5-4-6-8-15/h4-10H,11-12H2,1-3H3. The molecule has 0 atom stereocenters. The highest BCUT2D eigenvalue weighted by molar-refractivity contribution is 6.26. The number of carbonyl (C=O) groups is 1. The minimum Gasteiger partial charge on any atom is -0.465 e. The predicted octanol–water partition coefficient (Wildman–Crippen LogP) is 4.34. The van der Waals surface area contributed by atoms with Gasteiger partial charge >= 0.3 is 0 Å². The van der Waals surface area contributed by atoms with E-state index in [0.717, 1.165) is 11.1 Å². The minimum atomic E-state index is -0.0779. The van der Waals surface area contributed by atoms with Crippen molar-refractivity contribution in [3.05, 3.63) is 59.2 Å². The lowest BCUT2D eigenvalue weighted by molar-refractivity contribution is 0.0506. The summed E-state index contributed by atoms with van der Waals surface area (Å²) in [5.41, 5.74) is 3.15. The predicted molar refractivity (Wildman–Crippen MR) is 92.2 cm³/mol. The number of hydrogen-bond donors (Lipinski definition) is 0. The number of benzene rings is 2. The second kappa shape index (κ2) is 7.99. The number of ketones is 1. The third kappa shape index (κ3) is 4.47. The molecular formula is C18H20ClNO3. The van der Waals surface area contributed by atoms with E-state index in [4.69, 9.17) is 21.3 Å². The van der Waals surface area contributed by atoms with Crippen LogP contribution in [0.2, 0.25) is 0 Å². The van der Waals surface area contributed by atoms with Crippen LogP contribution in [0, 0.1) is 6.92 Å². The lowest BCUT2D eigenvalue weighted by atomic mass is 10.1. The Morgan fingerprint density at radius 1 is 1.22 bits per heavy atom. The van der Waals surface area contributed by atoms with Crippen molar-refractivity contribution in [2.24, 2.45) is 0 Å². The van der Waals surface area contributed by atoms with Gasteiger partial charge in [0, 0.05) is 18.9 Å². The van der Waals surface area contributed by atoms with E-state index in [1.165, 1.54) is 14.0 Å². The van der Waals surface area contributed by atoms with Crippen molar-refractivity contribution in [3.63, 3.8) is 0 Å². The Hall–Kier alpha value is -2.04. The molecule has 0 spiro atoms. The summed E-state index contributed by atoms with van der Waals surface area (Å²) in [6.45, 7) is 3.97. The number of carbonyl (C=O) groups excluding carboxylic acids is 1. The van der Waals surface area contributed by atoms with Crippen LogP contribution in [0.15, 0.2) is 42.5 Å². The molecule has 23 heavy (non-hydrogen) atoms. The number of Topliss-reactive ketones (excluding diaryl/α,β-unsaturated/α-hetero) is 1. The van der Waals surface area contributed by atoms with Gasteiger partial charge in [0.2, 0.25) is 0 Å². The summed E-state index contributed by atoms with van der Waals surface area (Å²) >= 11 is 6.47. The SMILES string of the molecule is COCOc1c(C(C)=O)cc(C)cc1N(Cl)Cc1ccccc1. The molecule has 0 aromatic heterocycles. The van der Waals surface area contributed by atoms with Crippen molar-refractivity contribution < 1.29 is 14.3 Å². The number of halogens is 1. The molecule has 0 N–H and O–H groups in total. The van der Waals surface area contributed by atoms with E-state index >= 15 is 0 Å². The number of ether oxygens (including phenoxy) is 2. The molecule has 0 bridgehead atoms. The van der Waals surface area contributed by atoms with Crippen LogP contribution in [-0.4, -0.2) is 19.7 Å². The molecular weight excluding hydrogens is 314 g/mol. The highest BCUT2D eigenvalue weighted by Crippen LogP contribution is 2.36. The first kappa shape index (κ1) is 17.3. The van der Waals surface area contributed by atoms with Gasteiger partial charge in [-0.15, -0.1) is 0 Å². The molecule has 0 unspecified atom stereocenters. The van der Waals surface area contributed by atoms with Crippen LogP contribution in [0.1, 0.15) is 28.4 Å². The van der Waals surface area contributed by atoms with Crippen molar-refractivity contribution in [1.82, 2.24) is 0 Å². The molecule has 2 rings (SSSR count). The first-order chi connectivity index (χ1) is 11.0. The van der Waals surface area contributed by atoms with Crippen LogP contribution < -0.4 is 9.16 Å². The zero-order valence-corrected chi connectivity index (χ0v) is 14.3. The number of anilines is 1. The summed E-state index contributed by atoms with van der Waals surface area (Å²) < 4.78 is 12.1. The van der Waals surface area contributed by atoms with Crippen LogP contribution in [0.5, 0.6) is 5.75 Å². The van der Waals surface area contributed by atoms with Crippen molar-refractivity contribution >= 4 is 23.2 Å². The fourth-order valence-electron chi connectivity index (χ4n) is 2.29. The molecule has 0 amide bonds. The first-order valence-corrected chi connectivity index (χ1v) is 7.61. The van der Waals surface area contributed by atoms with Crippen LogP contribution in [0.25, 0.3) is 0 Å². The quantitative estimate of drug-likeness (QED) is 0.429. The zero-order valence-electron chi connectivity index (χ0n) is 13.5. The monoisotopic (exact) mass is 333 g/mol. The Bertz CT molecular complexity index is 673. The molecule has 0 aliphatic carbocycles. The molecule has 122 valence electrons. The third-order valence-electron chi connectivity index (χ3n) is 3.34. The Morgan fingerprint density at radius 3 is 2.52 bits per heavy atom. The smallest absolute Gasteiger partial charge is 0.188 e. The van der Waals surface area contributed by atoms with E-state index in [2.05, 4.69) is 0 Å². The average Bonchev–Trinajstić information content (AvgIpc) is 2.53. The highest BCUT2D eigenvalue weighted by Gasteiger charge is 2.19. The molecule has 0 radical (unpaired) electrons. The number of hydrogen-bond acceptors (Lipinski definition) is 4. The minimum absolute atomic E-state index is 0.0480. The maximum absolute atomic E-state index is 11.9. The van der Waals surface area contributed by atoms with Crippen molar-refractivity contribution in [1.29, 1.82) is 0 Å². The van der Waals surface area contributed by atoms with Gasteiger partial charge in [-0.2, -0.15) is 0 Å². The van der Waals surface area contributed by atoms with Crippen LogP contribution in [0.4, 0.5) is 5.69 Å².